The van der Waals surface area contributed by atoms with Gasteiger partial charge in [0.1, 0.15) is 8.80 Å². The van der Waals surface area contributed by atoms with Gasteiger partial charge in [0.15, 0.2) is 0 Å². The molecule has 0 aliphatic carbocycles. The molecule has 0 atom stereocenters. The van der Waals surface area contributed by atoms with Gasteiger partial charge in [-0.1, -0.05) is 18.3 Å². The molecule has 1 aromatic rings. The Labute approximate surface area is 63.0 Å². The Balaban J connectivity index is 2.84. The molecule has 0 aliphatic rings. The molecular formula is C8H10NSi. The predicted molar refractivity (Wildman–Crippen MR) is 45.7 cm³/mol. The van der Waals surface area contributed by atoms with Crippen molar-refractivity contribution in [1.82, 2.24) is 4.98 Å². The zero-order valence-corrected chi connectivity index (χ0v) is 7.04. The normalized spacial score (nSPS) is 9.80. The first-order valence-corrected chi connectivity index (χ1v) is 5.28. The van der Waals surface area contributed by atoms with E-state index in [1.54, 1.807) is 6.20 Å². The Hall–Kier alpha value is -0.893. The van der Waals surface area contributed by atoms with Crippen LogP contribution < -0.4 is 5.19 Å². The zero-order valence-electron chi connectivity index (χ0n) is 6.04. The minimum absolute atomic E-state index is 0.505. The lowest BCUT2D eigenvalue weighted by atomic mass is 10.5. The zero-order chi connectivity index (χ0) is 7.40. The maximum Gasteiger partial charge on any atom is 0.110 e. The third-order valence-electron chi connectivity index (χ3n) is 1.42. The van der Waals surface area contributed by atoms with Gasteiger partial charge in [0.05, 0.1) is 0 Å². The monoisotopic (exact) mass is 148 g/mol. The van der Waals surface area contributed by atoms with Gasteiger partial charge in [-0.05, 0) is 11.3 Å². The molecule has 10 heavy (non-hydrogen) atoms. The van der Waals surface area contributed by atoms with Gasteiger partial charge in [0.2, 0.25) is 0 Å². The molecule has 0 N–H and O–H groups in total. The Morgan fingerprint density at radius 1 is 1.70 bits per heavy atom. The molecule has 0 spiro atoms. The van der Waals surface area contributed by atoms with E-state index in [-0.39, 0.29) is 0 Å². The SMILES string of the molecule is C=C[Si](C)c1cccnc1. The van der Waals surface area contributed by atoms with Crippen molar-refractivity contribution in [3.8, 4) is 0 Å². The van der Waals surface area contributed by atoms with Crippen molar-refractivity contribution < 1.29 is 0 Å². The maximum absolute atomic E-state index is 4.03. The fourth-order valence-corrected chi connectivity index (χ4v) is 1.59. The second kappa shape index (κ2) is 3.32. The second-order valence-corrected chi connectivity index (χ2v) is 4.48. The highest BCUT2D eigenvalue weighted by atomic mass is 28.3. The minimum Gasteiger partial charge on any atom is -0.265 e. The molecule has 2 heteroatoms. The van der Waals surface area contributed by atoms with Crippen molar-refractivity contribution >= 4 is 14.0 Å². The van der Waals surface area contributed by atoms with E-state index in [4.69, 9.17) is 0 Å². The second-order valence-electron chi connectivity index (χ2n) is 2.13. The van der Waals surface area contributed by atoms with Crippen LogP contribution in [0.2, 0.25) is 6.55 Å². The minimum atomic E-state index is -0.505. The summed E-state index contributed by atoms with van der Waals surface area (Å²) in [5.41, 5.74) is 2.02. The van der Waals surface area contributed by atoms with Crippen molar-refractivity contribution in [3.05, 3.63) is 36.8 Å². The van der Waals surface area contributed by atoms with E-state index >= 15 is 0 Å². The van der Waals surface area contributed by atoms with Gasteiger partial charge in [-0.15, -0.1) is 6.58 Å². The standard InChI is InChI=1S/C8H10NSi/c1-3-10(2)8-5-4-6-9-7-8/h3-7H,1H2,2H3. The van der Waals surface area contributed by atoms with Crippen LogP contribution in [0.5, 0.6) is 0 Å². The topological polar surface area (TPSA) is 12.9 Å². The predicted octanol–water partition coefficient (Wildman–Crippen LogP) is 1.14. The summed E-state index contributed by atoms with van der Waals surface area (Å²) in [7, 11) is -0.505. The number of nitrogens with zero attached hydrogens (tertiary/aromatic N) is 1. The number of hydrogen-bond acceptors (Lipinski definition) is 1. The lowest BCUT2D eigenvalue weighted by Gasteiger charge is -2.00. The van der Waals surface area contributed by atoms with Gasteiger partial charge in [-0.25, -0.2) is 0 Å². The summed E-state index contributed by atoms with van der Waals surface area (Å²) >= 11 is 0. The molecule has 0 unspecified atom stereocenters. The molecule has 0 saturated carbocycles. The lowest BCUT2D eigenvalue weighted by molar-refractivity contribution is 1.35. The summed E-state index contributed by atoms with van der Waals surface area (Å²) in [4.78, 5) is 4.03. The highest BCUT2D eigenvalue weighted by molar-refractivity contribution is 6.76. The molecule has 1 radical (unpaired) electrons. The molecule has 1 heterocycles. The lowest BCUT2D eigenvalue weighted by Crippen LogP contribution is -2.23. The van der Waals surface area contributed by atoms with E-state index in [0.717, 1.165) is 0 Å². The largest absolute Gasteiger partial charge is 0.265 e. The van der Waals surface area contributed by atoms with E-state index < -0.39 is 8.80 Å². The van der Waals surface area contributed by atoms with Crippen LogP contribution in [0, 0.1) is 0 Å². The molecule has 51 valence electrons. The van der Waals surface area contributed by atoms with Gasteiger partial charge in [0, 0.05) is 12.4 Å². The summed E-state index contributed by atoms with van der Waals surface area (Å²) < 4.78 is 0. The highest BCUT2D eigenvalue weighted by Crippen LogP contribution is 1.84. The van der Waals surface area contributed by atoms with Crippen molar-refractivity contribution in [2.45, 2.75) is 6.55 Å². The molecule has 0 bridgehead atoms. The van der Waals surface area contributed by atoms with Gasteiger partial charge in [-0.2, -0.15) is 0 Å². The third-order valence-corrected chi connectivity index (χ3v) is 3.24. The molecule has 0 saturated heterocycles. The molecule has 1 rings (SSSR count). The van der Waals surface area contributed by atoms with E-state index in [1.165, 1.54) is 5.19 Å². The average molecular weight is 148 g/mol. The molecule has 1 aromatic heterocycles. The first-order chi connectivity index (χ1) is 4.84. The Morgan fingerprint density at radius 2 is 2.50 bits per heavy atom. The Bertz CT molecular complexity index is 208. The summed E-state index contributed by atoms with van der Waals surface area (Å²) in [6, 6.07) is 4.07. The van der Waals surface area contributed by atoms with Gasteiger partial charge in [0.25, 0.3) is 0 Å². The molecule has 0 fully saturated rings. The van der Waals surface area contributed by atoms with Crippen LogP contribution in [0.1, 0.15) is 0 Å². The summed E-state index contributed by atoms with van der Waals surface area (Å²) in [5, 5.41) is 1.32. The molecule has 0 amide bonds. The molecule has 0 aliphatic heterocycles. The van der Waals surface area contributed by atoms with Crippen molar-refractivity contribution in [1.29, 1.82) is 0 Å². The molecular weight excluding hydrogens is 138 g/mol. The summed E-state index contributed by atoms with van der Waals surface area (Å²) in [6.07, 6.45) is 3.71. The summed E-state index contributed by atoms with van der Waals surface area (Å²) in [6.45, 7) is 5.96. The quantitative estimate of drug-likeness (QED) is 0.573. The number of pyridine rings is 1. The van der Waals surface area contributed by atoms with Gasteiger partial charge in [-0.3, -0.25) is 4.98 Å². The number of aromatic nitrogens is 1. The van der Waals surface area contributed by atoms with E-state index in [1.807, 2.05) is 18.0 Å². The van der Waals surface area contributed by atoms with Gasteiger partial charge >= 0.3 is 0 Å². The number of hydrogen-bond donors (Lipinski definition) is 0. The van der Waals surface area contributed by atoms with Crippen molar-refractivity contribution in [3.63, 3.8) is 0 Å². The van der Waals surface area contributed by atoms with Crippen LogP contribution in [0.25, 0.3) is 0 Å². The van der Waals surface area contributed by atoms with Crippen LogP contribution in [0.15, 0.2) is 36.8 Å². The maximum atomic E-state index is 4.03. The van der Waals surface area contributed by atoms with Crippen LogP contribution in [0.3, 0.4) is 0 Å². The van der Waals surface area contributed by atoms with E-state index in [2.05, 4.69) is 24.2 Å². The van der Waals surface area contributed by atoms with Crippen molar-refractivity contribution in [2.75, 3.05) is 0 Å². The number of rotatable bonds is 2. The summed E-state index contributed by atoms with van der Waals surface area (Å²) in [5.74, 6) is 0. The Morgan fingerprint density at radius 3 is 3.00 bits per heavy atom. The average Bonchev–Trinajstić information content (AvgIpc) is 2.05. The van der Waals surface area contributed by atoms with E-state index in [9.17, 15) is 0 Å². The first-order valence-electron chi connectivity index (χ1n) is 3.21. The van der Waals surface area contributed by atoms with Crippen LogP contribution in [-0.2, 0) is 0 Å². The fourth-order valence-electron chi connectivity index (χ4n) is 0.714. The Kier molecular flexibility index (Phi) is 2.40. The van der Waals surface area contributed by atoms with Crippen LogP contribution in [0.4, 0.5) is 0 Å². The van der Waals surface area contributed by atoms with Crippen LogP contribution >= 0.6 is 0 Å². The molecule has 1 nitrogen and oxygen atoms in total. The first kappa shape index (κ1) is 7.22. The third kappa shape index (κ3) is 1.54. The highest BCUT2D eigenvalue weighted by Gasteiger charge is 2.00. The fraction of sp³-hybridized carbons (Fsp3) is 0.125. The van der Waals surface area contributed by atoms with Crippen LogP contribution in [-0.4, -0.2) is 13.8 Å². The van der Waals surface area contributed by atoms with E-state index in [0.29, 0.717) is 0 Å². The van der Waals surface area contributed by atoms with Gasteiger partial charge < -0.3 is 0 Å². The smallest absolute Gasteiger partial charge is 0.110 e. The van der Waals surface area contributed by atoms with Crippen molar-refractivity contribution in [2.24, 2.45) is 0 Å². The molecule has 0 aromatic carbocycles.